The van der Waals surface area contributed by atoms with Crippen molar-refractivity contribution in [3.05, 3.63) is 90.2 Å². The summed E-state index contributed by atoms with van der Waals surface area (Å²) in [6.45, 7) is 6.95. The van der Waals surface area contributed by atoms with Crippen LogP contribution in [-0.4, -0.2) is 50.4 Å². The number of hydrogen-bond acceptors (Lipinski definition) is 5. The van der Waals surface area contributed by atoms with Crippen molar-refractivity contribution in [2.75, 3.05) is 17.5 Å². The van der Waals surface area contributed by atoms with Crippen LogP contribution >= 0.6 is 0 Å². The molecule has 0 fully saturated rings. The highest BCUT2D eigenvalue weighted by atomic mass is 32.2. The Balaban J connectivity index is 2.00. The van der Waals surface area contributed by atoms with Gasteiger partial charge >= 0.3 is 0 Å². The lowest BCUT2D eigenvalue weighted by atomic mass is 10.1. The van der Waals surface area contributed by atoms with Gasteiger partial charge in [-0.25, -0.2) is 12.8 Å². The van der Waals surface area contributed by atoms with Gasteiger partial charge in [0.15, 0.2) is 0 Å². The van der Waals surface area contributed by atoms with E-state index in [9.17, 15) is 22.4 Å². The summed E-state index contributed by atoms with van der Waals surface area (Å²) >= 11 is 0. The Kier molecular flexibility index (Phi) is 10.1. The van der Waals surface area contributed by atoms with Crippen LogP contribution in [0.5, 0.6) is 5.75 Å². The molecule has 0 unspecified atom stereocenters. The summed E-state index contributed by atoms with van der Waals surface area (Å²) in [5.74, 6) is -1.01. The molecule has 0 spiro atoms. The molecule has 10 heteroatoms. The van der Waals surface area contributed by atoms with Gasteiger partial charge in [0.1, 0.15) is 24.2 Å². The molecule has 0 aliphatic heterocycles. The molecule has 3 aromatic carbocycles. The maximum atomic E-state index is 13.8. The van der Waals surface area contributed by atoms with Crippen LogP contribution in [0.25, 0.3) is 0 Å². The lowest BCUT2D eigenvalue weighted by molar-refractivity contribution is -0.139. The summed E-state index contributed by atoms with van der Waals surface area (Å²) in [5, 5.41) is 2.81. The molecule has 0 radical (unpaired) electrons. The number of benzene rings is 3. The van der Waals surface area contributed by atoms with E-state index < -0.39 is 34.3 Å². The summed E-state index contributed by atoms with van der Waals surface area (Å²) in [6, 6.07) is 18.8. The van der Waals surface area contributed by atoms with Crippen molar-refractivity contribution in [1.82, 2.24) is 10.2 Å². The van der Waals surface area contributed by atoms with Crippen LogP contribution in [0.4, 0.5) is 10.1 Å². The predicted octanol–water partition coefficient (Wildman–Crippen LogP) is 4.36. The second-order valence-electron chi connectivity index (χ2n) is 9.24. The Morgan fingerprint density at radius 2 is 1.54 bits per heavy atom. The normalized spacial score (nSPS) is 12.1. The quantitative estimate of drug-likeness (QED) is 0.358. The molecular weight excluding hydrogens is 521 g/mol. The molecule has 0 saturated carbocycles. The van der Waals surface area contributed by atoms with E-state index in [-0.39, 0.29) is 29.1 Å². The SMILES string of the molecule is CCOc1ccc(S(=O)(=O)N(CC(=O)N(Cc2ccccc2)[C@H](C)C(=O)NC(C)C)c2ccc(F)cc2)cc1. The minimum absolute atomic E-state index is 0.0664. The third kappa shape index (κ3) is 7.79. The number of carbonyl (C=O) groups is 2. The van der Waals surface area contributed by atoms with E-state index in [1.54, 1.807) is 6.92 Å². The molecule has 3 rings (SSSR count). The maximum Gasteiger partial charge on any atom is 0.264 e. The first kappa shape index (κ1) is 29.6. The molecule has 0 saturated heterocycles. The number of ether oxygens (including phenoxy) is 1. The topological polar surface area (TPSA) is 96.0 Å². The zero-order valence-electron chi connectivity index (χ0n) is 22.5. The third-order valence-corrected chi connectivity index (χ3v) is 7.70. The van der Waals surface area contributed by atoms with E-state index in [0.717, 1.165) is 22.0 Å². The van der Waals surface area contributed by atoms with Gasteiger partial charge in [0.05, 0.1) is 17.2 Å². The van der Waals surface area contributed by atoms with Gasteiger partial charge in [-0.15, -0.1) is 0 Å². The average molecular weight is 556 g/mol. The Labute approximate surface area is 229 Å². The molecule has 0 aliphatic carbocycles. The first-order chi connectivity index (χ1) is 18.5. The maximum absolute atomic E-state index is 13.8. The summed E-state index contributed by atoms with van der Waals surface area (Å²) in [7, 11) is -4.26. The van der Waals surface area contributed by atoms with Crippen LogP contribution in [0.3, 0.4) is 0 Å². The summed E-state index contributed by atoms with van der Waals surface area (Å²) < 4.78 is 47.6. The number of halogens is 1. The van der Waals surface area contributed by atoms with Crippen molar-refractivity contribution < 1.29 is 27.1 Å². The molecule has 3 aromatic rings. The first-order valence-corrected chi connectivity index (χ1v) is 14.1. The van der Waals surface area contributed by atoms with Gasteiger partial charge in [-0.05, 0) is 81.8 Å². The molecular formula is C29H34FN3O5S. The average Bonchev–Trinajstić information content (AvgIpc) is 2.91. The van der Waals surface area contributed by atoms with E-state index in [0.29, 0.717) is 12.4 Å². The number of amides is 2. The fraction of sp³-hybridized carbons (Fsp3) is 0.310. The molecule has 0 aliphatic rings. The third-order valence-electron chi connectivity index (χ3n) is 5.91. The van der Waals surface area contributed by atoms with E-state index in [1.807, 2.05) is 51.1 Å². The van der Waals surface area contributed by atoms with Crippen LogP contribution in [0.15, 0.2) is 83.8 Å². The number of nitrogens with one attached hydrogen (secondary N) is 1. The van der Waals surface area contributed by atoms with Crippen molar-refractivity contribution in [2.45, 2.75) is 51.2 Å². The smallest absolute Gasteiger partial charge is 0.264 e. The Bertz CT molecular complexity index is 1350. The minimum Gasteiger partial charge on any atom is -0.494 e. The van der Waals surface area contributed by atoms with Crippen LogP contribution in [0.1, 0.15) is 33.3 Å². The fourth-order valence-corrected chi connectivity index (χ4v) is 5.32. The zero-order chi connectivity index (χ0) is 28.6. The molecule has 1 N–H and O–H groups in total. The molecule has 2 amide bonds. The van der Waals surface area contributed by atoms with Gasteiger partial charge in [-0.3, -0.25) is 13.9 Å². The number of carbonyl (C=O) groups excluding carboxylic acids is 2. The fourth-order valence-electron chi connectivity index (χ4n) is 3.91. The standard InChI is InChI=1S/C29H34FN3O5S/c1-5-38-26-15-17-27(18-16-26)39(36,37)33(25-13-11-24(30)12-14-25)20-28(34)32(19-23-9-7-6-8-10-23)22(4)29(35)31-21(2)3/h6-18,21-22H,5,19-20H2,1-4H3,(H,31,35)/t22-/m1/s1. The second kappa shape index (κ2) is 13.2. The lowest BCUT2D eigenvalue weighted by Crippen LogP contribution is -2.52. The van der Waals surface area contributed by atoms with Gasteiger partial charge in [0, 0.05) is 12.6 Å². The number of anilines is 1. The van der Waals surface area contributed by atoms with Crippen molar-refractivity contribution in [1.29, 1.82) is 0 Å². The van der Waals surface area contributed by atoms with Crippen LogP contribution in [0.2, 0.25) is 0 Å². The van der Waals surface area contributed by atoms with Gasteiger partial charge in [0.25, 0.3) is 10.0 Å². The van der Waals surface area contributed by atoms with Gasteiger partial charge in [-0.1, -0.05) is 30.3 Å². The Morgan fingerprint density at radius 1 is 0.923 bits per heavy atom. The predicted molar refractivity (Wildman–Crippen MR) is 148 cm³/mol. The second-order valence-corrected chi connectivity index (χ2v) is 11.1. The highest BCUT2D eigenvalue weighted by Gasteiger charge is 2.32. The van der Waals surface area contributed by atoms with Crippen molar-refractivity contribution in [3.63, 3.8) is 0 Å². The molecule has 39 heavy (non-hydrogen) atoms. The van der Waals surface area contributed by atoms with Gasteiger partial charge in [-0.2, -0.15) is 0 Å². The highest BCUT2D eigenvalue weighted by molar-refractivity contribution is 7.92. The van der Waals surface area contributed by atoms with E-state index >= 15 is 0 Å². The van der Waals surface area contributed by atoms with E-state index in [4.69, 9.17) is 4.74 Å². The van der Waals surface area contributed by atoms with Crippen molar-refractivity contribution in [2.24, 2.45) is 0 Å². The van der Waals surface area contributed by atoms with Crippen LogP contribution < -0.4 is 14.4 Å². The monoisotopic (exact) mass is 555 g/mol. The van der Waals surface area contributed by atoms with Gasteiger partial charge < -0.3 is 15.0 Å². The van der Waals surface area contributed by atoms with Gasteiger partial charge in [0.2, 0.25) is 11.8 Å². The van der Waals surface area contributed by atoms with E-state index in [1.165, 1.54) is 41.3 Å². The Hall–Kier alpha value is -3.92. The molecule has 0 bridgehead atoms. The highest BCUT2D eigenvalue weighted by Crippen LogP contribution is 2.26. The molecule has 0 heterocycles. The molecule has 8 nitrogen and oxygen atoms in total. The number of hydrogen-bond donors (Lipinski definition) is 1. The zero-order valence-corrected chi connectivity index (χ0v) is 23.3. The largest absolute Gasteiger partial charge is 0.494 e. The molecule has 1 atom stereocenters. The summed E-state index contributed by atoms with van der Waals surface area (Å²) in [4.78, 5) is 28.0. The molecule has 0 aromatic heterocycles. The number of nitrogens with zero attached hydrogens (tertiary/aromatic N) is 2. The summed E-state index contributed by atoms with van der Waals surface area (Å²) in [6.07, 6.45) is 0. The first-order valence-electron chi connectivity index (χ1n) is 12.7. The number of rotatable bonds is 12. The van der Waals surface area contributed by atoms with Crippen LogP contribution in [-0.2, 0) is 26.2 Å². The van der Waals surface area contributed by atoms with Crippen molar-refractivity contribution in [3.8, 4) is 5.75 Å². The van der Waals surface area contributed by atoms with Crippen molar-refractivity contribution >= 4 is 27.5 Å². The molecule has 208 valence electrons. The summed E-state index contributed by atoms with van der Waals surface area (Å²) in [5.41, 5.74) is 0.885. The Morgan fingerprint density at radius 3 is 2.10 bits per heavy atom. The lowest BCUT2D eigenvalue weighted by Gasteiger charge is -2.32. The van der Waals surface area contributed by atoms with Crippen LogP contribution in [0, 0.1) is 5.82 Å². The minimum atomic E-state index is -4.26. The number of sulfonamides is 1. The van der Waals surface area contributed by atoms with E-state index in [2.05, 4.69) is 5.32 Å².